The molecule has 0 spiro atoms. The second kappa shape index (κ2) is 6.66. The summed E-state index contributed by atoms with van der Waals surface area (Å²) in [6.45, 7) is 0. The smallest absolute Gasteiger partial charge is 0.211 e. The van der Waals surface area contributed by atoms with Gasteiger partial charge in [-0.25, -0.2) is 14.4 Å². The minimum atomic E-state index is 0.325. The quantitative estimate of drug-likeness (QED) is 0.634. The van der Waals surface area contributed by atoms with Gasteiger partial charge >= 0.3 is 0 Å². The summed E-state index contributed by atoms with van der Waals surface area (Å²) in [7, 11) is 0. The van der Waals surface area contributed by atoms with Gasteiger partial charge in [0, 0.05) is 0 Å². The molecule has 0 aliphatic rings. The van der Waals surface area contributed by atoms with Crippen LogP contribution >= 0.6 is 0 Å². The van der Waals surface area contributed by atoms with E-state index in [-0.39, 0.29) is 0 Å². The summed E-state index contributed by atoms with van der Waals surface area (Å²) in [5.74, 6) is 0. The molecule has 6 nitrogen and oxygen atoms in total. The number of hydrogen-bond acceptors (Lipinski definition) is 6. The van der Waals surface area contributed by atoms with Crippen LogP contribution in [0.3, 0.4) is 0 Å². The van der Waals surface area contributed by atoms with Crippen molar-refractivity contribution >= 4 is 35.3 Å². The van der Waals surface area contributed by atoms with Crippen LogP contribution in [0.2, 0.25) is 0 Å². The fourth-order valence-corrected chi connectivity index (χ4v) is 1.78. The summed E-state index contributed by atoms with van der Waals surface area (Å²) in [4.78, 5) is 41.4. The predicted octanol–water partition coefficient (Wildman–Crippen LogP) is 3.26. The number of benzene rings is 2. The van der Waals surface area contributed by atoms with Gasteiger partial charge in [-0.3, -0.25) is 0 Å². The van der Waals surface area contributed by atoms with Crippen LogP contribution in [0.4, 0.5) is 17.1 Å². The summed E-state index contributed by atoms with van der Waals surface area (Å²) in [5.41, 5.74) is 2.60. The second-order valence-electron chi connectivity index (χ2n) is 3.89. The fourth-order valence-electron chi connectivity index (χ4n) is 1.78. The van der Waals surface area contributed by atoms with Crippen LogP contribution in [0.5, 0.6) is 0 Å². The van der Waals surface area contributed by atoms with E-state index in [1.54, 1.807) is 36.4 Å². The molecule has 0 fully saturated rings. The van der Waals surface area contributed by atoms with Gasteiger partial charge in [0.2, 0.25) is 18.2 Å². The third-order valence-electron chi connectivity index (χ3n) is 2.63. The van der Waals surface area contributed by atoms with E-state index >= 15 is 0 Å². The molecule has 0 aliphatic carbocycles. The van der Waals surface area contributed by atoms with Crippen molar-refractivity contribution in [3.8, 4) is 11.1 Å². The summed E-state index contributed by atoms with van der Waals surface area (Å²) in [5, 5.41) is 0. The highest BCUT2D eigenvalue weighted by molar-refractivity contribution is 5.74. The van der Waals surface area contributed by atoms with E-state index in [0.29, 0.717) is 22.6 Å². The highest BCUT2D eigenvalue weighted by Gasteiger charge is 2.03. The molecule has 6 heteroatoms. The second-order valence-corrected chi connectivity index (χ2v) is 3.89. The lowest BCUT2D eigenvalue weighted by atomic mass is 10.0. The number of carbonyl (C=O) groups excluding carboxylic acids is 3. The van der Waals surface area contributed by atoms with E-state index in [9.17, 15) is 14.4 Å². The number of hydrogen-bond donors (Lipinski definition) is 0. The standard InChI is InChI=1S/C15H7N3O3/c19-8-16-13-3-1-11(2-4-13)12-5-14(17-9-20)7-15(6-12)18-10-21/h1-7H. The Bertz CT molecular complexity index is 772. The normalized spacial score (nSPS) is 8.95. The Hall–Kier alpha value is -3.42. The lowest BCUT2D eigenvalue weighted by Crippen LogP contribution is -1.78. The largest absolute Gasteiger partial charge is 0.240 e. The van der Waals surface area contributed by atoms with E-state index < -0.39 is 0 Å². The van der Waals surface area contributed by atoms with E-state index in [2.05, 4.69) is 15.0 Å². The minimum Gasteiger partial charge on any atom is -0.211 e. The molecule has 0 aliphatic heterocycles. The zero-order chi connectivity index (χ0) is 15.1. The van der Waals surface area contributed by atoms with Crippen molar-refractivity contribution in [3.05, 3.63) is 42.5 Å². The maximum atomic E-state index is 10.4. The van der Waals surface area contributed by atoms with Crippen LogP contribution in [0.25, 0.3) is 11.1 Å². The lowest BCUT2D eigenvalue weighted by molar-refractivity contribution is 0.564. The maximum Gasteiger partial charge on any atom is 0.240 e. The van der Waals surface area contributed by atoms with Crippen LogP contribution < -0.4 is 0 Å². The Morgan fingerprint density at radius 1 is 0.571 bits per heavy atom. The van der Waals surface area contributed by atoms with Crippen molar-refractivity contribution < 1.29 is 14.4 Å². The van der Waals surface area contributed by atoms with Crippen molar-refractivity contribution in [2.45, 2.75) is 0 Å². The van der Waals surface area contributed by atoms with Crippen LogP contribution in [0, 0.1) is 0 Å². The van der Waals surface area contributed by atoms with Crippen molar-refractivity contribution in [1.29, 1.82) is 0 Å². The number of isocyanates is 3. The highest BCUT2D eigenvalue weighted by atomic mass is 16.1. The van der Waals surface area contributed by atoms with Crippen molar-refractivity contribution in [3.63, 3.8) is 0 Å². The molecule has 0 N–H and O–H groups in total. The van der Waals surface area contributed by atoms with Gasteiger partial charge < -0.3 is 0 Å². The number of nitrogens with zero attached hydrogens (tertiary/aromatic N) is 3. The van der Waals surface area contributed by atoms with Crippen molar-refractivity contribution in [2.24, 2.45) is 15.0 Å². The molecule has 0 heterocycles. The molecule has 0 bridgehead atoms. The van der Waals surface area contributed by atoms with E-state index in [0.717, 1.165) is 5.56 Å². The van der Waals surface area contributed by atoms with Crippen molar-refractivity contribution in [2.75, 3.05) is 0 Å². The van der Waals surface area contributed by atoms with Crippen molar-refractivity contribution in [1.82, 2.24) is 0 Å². The molecule has 0 saturated heterocycles. The predicted molar refractivity (Wildman–Crippen MR) is 75.2 cm³/mol. The first-order chi connectivity index (χ1) is 10.3. The molecule has 2 aromatic carbocycles. The van der Waals surface area contributed by atoms with Crippen LogP contribution in [0.15, 0.2) is 57.4 Å². The first-order valence-electron chi connectivity index (χ1n) is 5.76. The monoisotopic (exact) mass is 277 g/mol. The number of aliphatic imine (C=N–C) groups is 3. The minimum absolute atomic E-state index is 0.325. The summed E-state index contributed by atoms with van der Waals surface area (Å²) in [6, 6.07) is 11.5. The average molecular weight is 277 g/mol. The maximum absolute atomic E-state index is 10.4. The van der Waals surface area contributed by atoms with Gasteiger partial charge in [0.05, 0.1) is 17.1 Å². The summed E-state index contributed by atoms with van der Waals surface area (Å²) >= 11 is 0. The van der Waals surface area contributed by atoms with E-state index in [1.807, 2.05) is 0 Å². The van der Waals surface area contributed by atoms with Gasteiger partial charge in [-0.05, 0) is 41.5 Å². The zero-order valence-corrected chi connectivity index (χ0v) is 10.6. The first kappa shape index (κ1) is 14.0. The fraction of sp³-hybridized carbons (Fsp3) is 0. The van der Waals surface area contributed by atoms with Gasteiger partial charge in [-0.1, -0.05) is 12.1 Å². The molecule has 0 atom stereocenters. The molecule has 21 heavy (non-hydrogen) atoms. The molecular weight excluding hydrogens is 270 g/mol. The Labute approximate surface area is 119 Å². The molecule has 0 radical (unpaired) electrons. The van der Waals surface area contributed by atoms with Crippen LogP contribution in [0.1, 0.15) is 0 Å². The van der Waals surface area contributed by atoms with Gasteiger partial charge in [-0.2, -0.15) is 15.0 Å². The van der Waals surface area contributed by atoms with Gasteiger partial charge in [0.1, 0.15) is 0 Å². The van der Waals surface area contributed by atoms with E-state index in [4.69, 9.17) is 0 Å². The first-order valence-corrected chi connectivity index (χ1v) is 5.76. The Balaban J connectivity index is 2.53. The molecule has 0 amide bonds. The Kier molecular flexibility index (Phi) is 4.44. The summed E-state index contributed by atoms with van der Waals surface area (Å²) < 4.78 is 0. The van der Waals surface area contributed by atoms with Gasteiger partial charge in [-0.15, -0.1) is 0 Å². The SMILES string of the molecule is O=C=Nc1ccc(-c2cc(N=C=O)cc(N=C=O)c2)cc1. The molecule has 0 unspecified atom stereocenters. The van der Waals surface area contributed by atoms with Crippen LogP contribution in [-0.2, 0) is 14.4 Å². The van der Waals surface area contributed by atoms with Gasteiger partial charge in [0.25, 0.3) is 0 Å². The molecular formula is C15H7N3O3. The Morgan fingerprint density at radius 2 is 1.05 bits per heavy atom. The highest BCUT2D eigenvalue weighted by Crippen LogP contribution is 2.30. The zero-order valence-electron chi connectivity index (χ0n) is 10.6. The molecule has 0 aromatic heterocycles. The third-order valence-corrected chi connectivity index (χ3v) is 2.63. The molecule has 100 valence electrons. The Morgan fingerprint density at radius 3 is 1.52 bits per heavy atom. The summed E-state index contributed by atoms with van der Waals surface area (Å²) in [6.07, 6.45) is 4.32. The molecule has 0 saturated carbocycles. The van der Waals surface area contributed by atoms with E-state index in [1.165, 1.54) is 24.3 Å². The number of rotatable bonds is 4. The van der Waals surface area contributed by atoms with Crippen LogP contribution in [-0.4, -0.2) is 18.2 Å². The average Bonchev–Trinajstić information content (AvgIpc) is 2.49. The molecule has 2 aromatic rings. The third kappa shape index (κ3) is 3.53. The lowest BCUT2D eigenvalue weighted by Gasteiger charge is -2.04. The topological polar surface area (TPSA) is 88.3 Å². The van der Waals surface area contributed by atoms with Gasteiger partial charge in [0.15, 0.2) is 0 Å². The molecule has 2 rings (SSSR count).